The Morgan fingerprint density at radius 3 is 2.54 bits per heavy atom. The number of carbonyl (C=O) groups excluding carboxylic acids is 1. The Morgan fingerprint density at radius 2 is 2.00 bits per heavy atom. The van der Waals surface area contributed by atoms with Crippen molar-refractivity contribution in [3.05, 3.63) is 22.4 Å². The maximum Gasteiger partial charge on any atom is 0.223 e. The van der Waals surface area contributed by atoms with Crippen molar-refractivity contribution in [2.24, 2.45) is 11.3 Å². The number of amides is 1. The third-order valence-electron chi connectivity index (χ3n) is 7.08. The Kier molecular flexibility index (Phi) is 4.24. The monoisotopic (exact) mass is 346 g/mol. The van der Waals surface area contributed by atoms with Gasteiger partial charge in [0.25, 0.3) is 0 Å². The molecule has 132 valence electrons. The van der Waals surface area contributed by atoms with Gasteiger partial charge in [0.15, 0.2) is 0 Å². The van der Waals surface area contributed by atoms with E-state index in [0.717, 1.165) is 25.4 Å². The van der Waals surface area contributed by atoms with Crippen LogP contribution in [0.15, 0.2) is 17.5 Å². The van der Waals surface area contributed by atoms with E-state index in [9.17, 15) is 4.79 Å². The first-order chi connectivity index (χ1) is 11.5. The summed E-state index contributed by atoms with van der Waals surface area (Å²) < 4.78 is 0. The molecule has 2 saturated carbocycles. The summed E-state index contributed by atoms with van der Waals surface area (Å²) in [5.41, 5.74) is 0.446. The minimum absolute atomic E-state index is 0.184. The van der Waals surface area contributed by atoms with Gasteiger partial charge >= 0.3 is 0 Å². The summed E-state index contributed by atoms with van der Waals surface area (Å²) in [7, 11) is 4.45. The van der Waals surface area contributed by atoms with Crippen molar-refractivity contribution in [2.45, 2.75) is 56.9 Å². The predicted molar refractivity (Wildman–Crippen MR) is 99.1 cm³/mol. The minimum Gasteiger partial charge on any atom is -0.342 e. The smallest absolute Gasteiger partial charge is 0.223 e. The molecule has 0 aromatic carbocycles. The Labute approximate surface area is 150 Å². The SMILES string of the molecule is CN(C)C1(c2cccs2)CCC2(CC1)CC(=O)N(CC1CCC1)C2. The Bertz CT molecular complexity index is 583. The zero-order chi connectivity index (χ0) is 16.8. The van der Waals surface area contributed by atoms with Gasteiger partial charge in [-0.15, -0.1) is 11.3 Å². The second-order valence-corrected chi connectivity index (χ2v) is 9.60. The molecule has 1 aromatic heterocycles. The highest BCUT2D eigenvalue weighted by Crippen LogP contribution is 2.53. The second kappa shape index (κ2) is 6.14. The number of carbonyl (C=O) groups is 1. The lowest BCUT2D eigenvalue weighted by molar-refractivity contribution is -0.128. The summed E-state index contributed by atoms with van der Waals surface area (Å²) in [5, 5.41) is 2.20. The van der Waals surface area contributed by atoms with E-state index in [1.54, 1.807) is 0 Å². The largest absolute Gasteiger partial charge is 0.342 e. The fourth-order valence-corrected chi connectivity index (χ4v) is 6.19. The van der Waals surface area contributed by atoms with E-state index >= 15 is 0 Å². The number of hydrogen-bond acceptors (Lipinski definition) is 3. The molecule has 2 heterocycles. The lowest BCUT2D eigenvalue weighted by Gasteiger charge is -2.48. The highest BCUT2D eigenvalue weighted by Gasteiger charge is 2.50. The maximum absolute atomic E-state index is 12.6. The van der Waals surface area contributed by atoms with Crippen LogP contribution in [-0.2, 0) is 10.3 Å². The molecular weight excluding hydrogens is 316 g/mol. The minimum atomic E-state index is 0.184. The van der Waals surface area contributed by atoms with Crippen LogP contribution in [0.25, 0.3) is 0 Å². The van der Waals surface area contributed by atoms with Gasteiger partial charge in [-0.3, -0.25) is 9.69 Å². The predicted octanol–water partition coefficient (Wildman–Crippen LogP) is 4.10. The van der Waals surface area contributed by atoms with E-state index in [4.69, 9.17) is 0 Å². The molecule has 1 spiro atoms. The molecule has 0 N–H and O–H groups in total. The second-order valence-electron chi connectivity index (χ2n) is 8.65. The zero-order valence-corrected chi connectivity index (χ0v) is 15.9. The van der Waals surface area contributed by atoms with Crippen LogP contribution in [0.2, 0.25) is 0 Å². The van der Waals surface area contributed by atoms with E-state index in [1.807, 2.05) is 11.3 Å². The lowest BCUT2D eigenvalue weighted by Crippen LogP contribution is -2.47. The summed E-state index contributed by atoms with van der Waals surface area (Å²) in [6.07, 6.45) is 9.58. The molecule has 1 saturated heterocycles. The molecule has 4 rings (SSSR count). The van der Waals surface area contributed by atoms with Crippen molar-refractivity contribution >= 4 is 17.2 Å². The van der Waals surface area contributed by atoms with Crippen molar-refractivity contribution in [1.29, 1.82) is 0 Å². The standard InChI is InChI=1S/C20H30N2OS/c1-21(2)20(17-7-4-12-24-17)10-8-19(9-11-20)13-18(23)22(15-19)14-16-5-3-6-16/h4,7,12,16H,3,5-6,8-11,13-15H2,1-2H3. The maximum atomic E-state index is 12.6. The van der Waals surface area contributed by atoms with Crippen molar-refractivity contribution in [1.82, 2.24) is 9.80 Å². The normalized spacial score (nSPS) is 34.3. The average molecular weight is 347 g/mol. The number of thiophene rings is 1. The van der Waals surface area contributed by atoms with Crippen molar-refractivity contribution < 1.29 is 4.79 Å². The molecule has 24 heavy (non-hydrogen) atoms. The molecule has 1 amide bonds. The molecule has 0 radical (unpaired) electrons. The molecule has 1 aliphatic heterocycles. The quantitative estimate of drug-likeness (QED) is 0.819. The van der Waals surface area contributed by atoms with E-state index in [2.05, 4.69) is 41.4 Å². The molecule has 0 bridgehead atoms. The molecule has 4 heteroatoms. The van der Waals surface area contributed by atoms with Gasteiger partial charge in [0.05, 0.1) is 5.54 Å². The van der Waals surface area contributed by atoms with Gasteiger partial charge in [0, 0.05) is 24.4 Å². The van der Waals surface area contributed by atoms with Gasteiger partial charge in [-0.05, 0) is 75.4 Å². The number of rotatable bonds is 4. The fourth-order valence-electron chi connectivity index (χ4n) is 5.12. The van der Waals surface area contributed by atoms with Crippen molar-refractivity contribution in [3.8, 4) is 0 Å². The van der Waals surface area contributed by atoms with Gasteiger partial charge in [-0.25, -0.2) is 0 Å². The molecule has 3 aliphatic rings. The van der Waals surface area contributed by atoms with E-state index in [0.29, 0.717) is 5.91 Å². The summed E-state index contributed by atoms with van der Waals surface area (Å²) in [4.78, 5) is 18.7. The highest BCUT2D eigenvalue weighted by atomic mass is 32.1. The van der Waals surface area contributed by atoms with Gasteiger partial charge in [-0.1, -0.05) is 12.5 Å². The number of likely N-dealkylation sites (tertiary alicyclic amines) is 1. The van der Waals surface area contributed by atoms with Crippen molar-refractivity contribution in [2.75, 3.05) is 27.2 Å². The van der Waals surface area contributed by atoms with Crippen LogP contribution in [0.3, 0.4) is 0 Å². The summed E-state index contributed by atoms with van der Waals surface area (Å²) >= 11 is 1.89. The van der Waals surface area contributed by atoms with E-state index in [-0.39, 0.29) is 11.0 Å². The van der Waals surface area contributed by atoms with Gasteiger partial charge in [0.1, 0.15) is 0 Å². The van der Waals surface area contributed by atoms with Crippen LogP contribution in [0.5, 0.6) is 0 Å². The third-order valence-corrected chi connectivity index (χ3v) is 8.15. The zero-order valence-electron chi connectivity index (χ0n) is 15.1. The van der Waals surface area contributed by atoms with E-state index in [1.165, 1.54) is 49.8 Å². The summed E-state index contributed by atoms with van der Waals surface area (Å²) in [5.74, 6) is 1.22. The highest BCUT2D eigenvalue weighted by molar-refractivity contribution is 7.10. The first-order valence-electron chi connectivity index (χ1n) is 9.52. The Balaban J connectivity index is 1.46. The van der Waals surface area contributed by atoms with Crippen LogP contribution in [0.4, 0.5) is 0 Å². The molecule has 2 aliphatic carbocycles. The molecular formula is C20H30N2OS. The van der Waals surface area contributed by atoms with Crippen LogP contribution in [0.1, 0.15) is 56.2 Å². The van der Waals surface area contributed by atoms with Gasteiger partial charge in [-0.2, -0.15) is 0 Å². The van der Waals surface area contributed by atoms with Gasteiger partial charge < -0.3 is 4.90 Å². The Morgan fingerprint density at radius 1 is 1.25 bits per heavy atom. The first-order valence-corrected chi connectivity index (χ1v) is 10.4. The fraction of sp³-hybridized carbons (Fsp3) is 0.750. The molecule has 1 aromatic rings. The van der Waals surface area contributed by atoms with Crippen molar-refractivity contribution in [3.63, 3.8) is 0 Å². The van der Waals surface area contributed by atoms with Crippen LogP contribution in [0, 0.1) is 11.3 Å². The van der Waals surface area contributed by atoms with Crippen LogP contribution < -0.4 is 0 Å². The average Bonchev–Trinajstić information content (AvgIpc) is 3.13. The van der Waals surface area contributed by atoms with Crippen LogP contribution >= 0.6 is 11.3 Å². The number of hydrogen-bond donors (Lipinski definition) is 0. The molecule has 3 fully saturated rings. The molecule has 3 nitrogen and oxygen atoms in total. The number of nitrogens with zero attached hydrogens (tertiary/aromatic N) is 2. The Hall–Kier alpha value is -0.870. The topological polar surface area (TPSA) is 23.6 Å². The first kappa shape index (κ1) is 16.6. The van der Waals surface area contributed by atoms with Crippen LogP contribution in [-0.4, -0.2) is 42.9 Å². The molecule has 0 atom stereocenters. The molecule has 0 unspecified atom stereocenters. The van der Waals surface area contributed by atoms with Gasteiger partial charge in [0.2, 0.25) is 5.91 Å². The summed E-state index contributed by atoms with van der Waals surface area (Å²) in [6.45, 7) is 2.06. The lowest BCUT2D eigenvalue weighted by atomic mass is 9.66. The van der Waals surface area contributed by atoms with E-state index < -0.39 is 0 Å². The third kappa shape index (κ3) is 2.72. The summed E-state index contributed by atoms with van der Waals surface area (Å²) in [6, 6.07) is 4.47.